The van der Waals surface area contributed by atoms with Gasteiger partial charge in [0.1, 0.15) is 11.4 Å². The molecule has 0 spiro atoms. The summed E-state index contributed by atoms with van der Waals surface area (Å²) in [6.07, 6.45) is -4.76. The molecule has 5 aromatic rings. The molecule has 13 nitrogen and oxygen atoms in total. The topological polar surface area (TPSA) is 160 Å². The smallest absolute Gasteiger partial charge is 0.465 e. The first-order valence-electron chi connectivity index (χ1n) is 15.2. The van der Waals surface area contributed by atoms with Crippen LogP contribution in [0.1, 0.15) is 48.4 Å². The number of fused-ring (bicyclic) bond motifs is 2. The van der Waals surface area contributed by atoms with Gasteiger partial charge in [0.15, 0.2) is 5.13 Å². The predicted molar refractivity (Wildman–Crippen MR) is 183 cm³/mol. The number of rotatable bonds is 11. The zero-order chi connectivity index (χ0) is 36.7. The monoisotopic (exact) mass is 716 g/mol. The summed E-state index contributed by atoms with van der Waals surface area (Å²) in [5.41, 5.74) is 2.80. The molecule has 0 bridgehead atoms. The molecule has 5 rings (SSSR count). The first-order chi connectivity index (χ1) is 23.6. The van der Waals surface area contributed by atoms with Gasteiger partial charge in [0, 0.05) is 25.2 Å². The Hall–Kier alpha value is -5.45. The standard InChI is InChI=1S/C21H19F3N4O3S.C12H16N2O4/c1-11(2)10-28-16-7-4-12(18(29)30-3)8-15(16)25-19(28)27-20-26-14-6-5-13(9-17(14)32-20)31-21(22,23)24;1-8(2)7-13-10-5-4-9(12(15)18-3)6-11(10)14(16)17/h4-9,11H,10H2,1-3H3,(H,25,26,27);4-6,8,13H,7H2,1-3H3. The Bertz CT molecular complexity index is 2010. The van der Waals surface area contributed by atoms with E-state index in [1.54, 1.807) is 18.2 Å². The number of nitrogens with zero attached hydrogens (tertiary/aromatic N) is 4. The highest BCUT2D eigenvalue weighted by Gasteiger charge is 2.31. The number of methoxy groups -OCH3 is 2. The summed E-state index contributed by atoms with van der Waals surface area (Å²) in [6, 6.07) is 13.4. The number of ether oxygens (including phenoxy) is 3. The van der Waals surface area contributed by atoms with E-state index < -0.39 is 23.2 Å². The summed E-state index contributed by atoms with van der Waals surface area (Å²) < 4.78 is 53.3. The van der Waals surface area contributed by atoms with E-state index in [1.807, 2.05) is 18.4 Å². The van der Waals surface area contributed by atoms with Crippen molar-refractivity contribution in [2.45, 2.75) is 40.6 Å². The van der Waals surface area contributed by atoms with Crippen LogP contribution in [0.25, 0.3) is 21.3 Å². The van der Waals surface area contributed by atoms with Crippen LogP contribution in [0.15, 0.2) is 54.6 Å². The van der Waals surface area contributed by atoms with E-state index in [-0.39, 0.29) is 17.0 Å². The van der Waals surface area contributed by atoms with Crippen molar-refractivity contribution in [3.05, 3.63) is 75.8 Å². The molecule has 50 heavy (non-hydrogen) atoms. The van der Waals surface area contributed by atoms with Crippen LogP contribution in [-0.2, 0) is 16.0 Å². The third kappa shape index (κ3) is 9.58. The van der Waals surface area contributed by atoms with Crippen molar-refractivity contribution in [1.82, 2.24) is 14.5 Å². The Balaban J connectivity index is 0.000000266. The molecule has 0 atom stereocenters. The van der Waals surface area contributed by atoms with Crippen molar-refractivity contribution in [2.24, 2.45) is 11.8 Å². The quantitative estimate of drug-likeness (QED) is 0.0771. The second-order valence-electron chi connectivity index (χ2n) is 11.7. The van der Waals surface area contributed by atoms with Gasteiger partial charge in [-0.05, 0) is 54.3 Å². The molecule has 0 fully saturated rings. The first kappa shape index (κ1) is 37.4. The van der Waals surface area contributed by atoms with Gasteiger partial charge >= 0.3 is 18.3 Å². The number of halogens is 3. The lowest BCUT2D eigenvalue weighted by molar-refractivity contribution is -0.384. The Morgan fingerprint density at radius 3 is 2.18 bits per heavy atom. The van der Waals surface area contributed by atoms with Gasteiger partial charge < -0.3 is 29.4 Å². The first-order valence-corrected chi connectivity index (χ1v) is 16.0. The number of benzene rings is 3. The number of esters is 2. The van der Waals surface area contributed by atoms with Gasteiger partial charge in [-0.1, -0.05) is 39.0 Å². The van der Waals surface area contributed by atoms with Crippen LogP contribution in [0.2, 0.25) is 0 Å². The lowest BCUT2D eigenvalue weighted by Crippen LogP contribution is -2.16. The zero-order valence-corrected chi connectivity index (χ0v) is 28.8. The van der Waals surface area contributed by atoms with Gasteiger partial charge in [-0.25, -0.2) is 19.6 Å². The van der Waals surface area contributed by atoms with E-state index in [2.05, 4.69) is 43.9 Å². The van der Waals surface area contributed by atoms with Crippen molar-refractivity contribution in [3.8, 4) is 5.75 Å². The van der Waals surface area contributed by atoms with Crippen molar-refractivity contribution in [3.63, 3.8) is 0 Å². The number of hydrogen-bond donors (Lipinski definition) is 2. The van der Waals surface area contributed by atoms with Gasteiger partial charge in [-0.2, -0.15) is 0 Å². The fourth-order valence-corrected chi connectivity index (χ4v) is 5.55. The summed E-state index contributed by atoms with van der Waals surface area (Å²) in [5, 5.41) is 17.6. The second-order valence-corrected chi connectivity index (χ2v) is 12.7. The molecule has 0 saturated carbocycles. The Labute approximate surface area is 288 Å². The van der Waals surface area contributed by atoms with Crippen molar-refractivity contribution in [2.75, 3.05) is 31.4 Å². The van der Waals surface area contributed by atoms with E-state index in [4.69, 9.17) is 4.74 Å². The summed E-state index contributed by atoms with van der Waals surface area (Å²) in [4.78, 5) is 42.6. The average molecular weight is 717 g/mol. The van der Waals surface area contributed by atoms with Crippen molar-refractivity contribution >= 4 is 67.0 Å². The van der Waals surface area contributed by atoms with E-state index in [9.17, 15) is 32.9 Å². The normalized spacial score (nSPS) is 11.3. The summed E-state index contributed by atoms with van der Waals surface area (Å²) >= 11 is 1.18. The van der Waals surface area contributed by atoms with Crippen molar-refractivity contribution < 1.29 is 41.9 Å². The van der Waals surface area contributed by atoms with Crippen LogP contribution in [0.5, 0.6) is 5.75 Å². The molecular formula is C33H35F3N6O7S. The molecule has 0 aliphatic carbocycles. The average Bonchev–Trinajstić information content (AvgIpc) is 3.61. The zero-order valence-electron chi connectivity index (χ0n) is 28.0. The number of hydrogen-bond acceptors (Lipinski definition) is 12. The number of nitro benzene ring substituents is 1. The lowest BCUT2D eigenvalue weighted by Gasteiger charge is -2.11. The Morgan fingerprint density at radius 1 is 0.920 bits per heavy atom. The fraction of sp³-hybridized carbons (Fsp3) is 0.333. The molecule has 2 N–H and O–H groups in total. The molecule has 0 saturated heterocycles. The number of alkyl halides is 3. The largest absolute Gasteiger partial charge is 0.573 e. The number of carbonyl (C=O) groups is 2. The molecule has 0 aliphatic rings. The number of aromatic nitrogens is 3. The van der Waals surface area contributed by atoms with E-state index in [0.717, 1.165) is 5.52 Å². The minimum absolute atomic E-state index is 0.126. The predicted octanol–water partition coefficient (Wildman–Crippen LogP) is 8.18. The summed E-state index contributed by atoms with van der Waals surface area (Å²) in [6.45, 7) is 9.42. The number of thiazole rings is 1. The SMILES string of the molecule is COC(=O)c1ccc(NCC(C)C)c([N+](=O)[O-])c1.COC(=O)c1ccc2c(c1)nc(Nc1nc3ccc(OC(F)(F)F)cc3s1)n2CC(C)C. The van der Waals surface area contributed by atoms with Crippen LogP contribution in [0.3, 0.4) is 0 Å². The third-order valence-electron chi connectivity index (χ3n) is 6.85. The fourth-order valence-electron chi connectivity index (χ4n) is 4.66. The lowest BCUT2D eigenvalue weighted by atomic mass is 10.1. The van der Waals surface area contributed by atoms with Crippen LogP contribution in [0, 0.1) is 22.0 Å². The molecule has 0 amide bonds. The maximum Gasteiger partial charge on any atom is 0.573 e. The Kier molecular flexibility index (Phi) is 11.8. The Morgan fingerprint density at radius 2 is 1.58 bits per heavy atom. The molecular weight excluding hydrogens is 681 g/mol. The van der Waals surface area contributed by atoms with Crippen LogP contribution >= 0.6 is 11.3 Å². The summed E-state index contributed by atoms with van der Waals surface area (Å²) in [5.74, 6) is -0.156. The van der Waals surface area contributed by atoms with Gasteiger partial charge in [-0.15, -0.1) is 13.2 Å². The van der Waals surface area contributed by atoms with Crippen LogP contribution < -0.4 is 15.4 Å². The highest BCUT2D eigenvalue weighted by Crippen LogP contribution is 2.34. The third-order valence-corrected chi connectivity index (χ3v) is 7.78. The number of carbonyl (C=O) groups excluding carboxylic acids is 2. The highest BCUT2D eigenvalue weighted by molar-refractivity contribution is 7.22. The number of imidazole rings is 1. The van der Waals surface area contributed by atoms with Crippen LogP contribution in [0.4, 0.5) is 35.6 Å². The number of anilines is 3. The maximum atomic E-state index is 12.5. The van der Waals surface area contributed by atoms with Crippen LogP contribution in [-0.4, -0.2) is 58.5 Å². The van der Waals surface area contributed by atoms with E-state index in [1.165, 1.54) is 62.0 Å². The van der Waals surface area contributed by atoms with E-state index >= 15 is 0 Å². The molecule has 0 radical (unpaired) electrons. The minimum Gasteiger partial charge on any atom is -0.465 e. The van der Waals surface area contributed by atoms with Gasteiger partial charge in [0.25, 0.3) is 5.69 Å². The summed E-state index contributed by atoms with van der Waals surface area (Å²) in [7, 11) is 2.55. The van der Waals surface area contributed by atoms with Gasteiger partial charge in [-0.3, -0.25) is 10.1 Å². The van der Waals surface area contributed by atoms with Crippen molar-refractivity contribution in [1.29, 1.82) is 0 Å². The number of nitro groups is 1. The minimum atomic E-state index is -4.76. The number of nitrogens with one attached hydrogen (secondary N) is 2. The molecule has 2 heterocycles. The molecule has 3 aromatic carbocycles. The molecule has 266 valence electrons. The highest BCUT2D eigenvalue weighted by atomic mass is 32.1. The molecule has 0 unspecified atom stereocenters. The molecule has 17 heteroatoms. The maximum absolute atomic E-state index is 12.5. The van der Waals surface area contributed by atoms with E-state index in [0.29, 0.717) is 63.0 Å². The molecule has 2 aromatic heterocycles. The second kappa shape index (κ2) is 15.8. The van der Waals surface area contributed by atoms with Gasteiger partial charge in [0.2, 0.25) is 5.95 Å². The van der Waals surface area contributed by atoms with Gasteiger partial charge in [0.05, 0.1) is 51.5 Å². The molecule has 0 aliphatic heterocycles.